The predicted octanol–water partition coefficient (Wildman–Crippen LogP) is 2.38. The van der Waals surface area contributed by atoms with E-state index < -0.39 is 17.8 Å². The van der Waals surface area contributed by atoms with Gasteiger partial charge in [0.25, 0.3) is 0 Å². The third kappa shape index (κ3) is 0.559. The monoisotopic (exact) mass is 164 g/mol. The molecule has 2 aliphatic rings. The molecule has 0 spiro atoms. The minimum Gasteiger partial charge on any atom is -0.241 e. The van der Waals surface area contributed by atoms with Crippen LogP contribution >= 0.6 is 0 Å². The SMILES string of the molecule is F[C@@H]1C2=CC=C[C@]21C(F)(F)F. The van der Waals surface area contributed by atoms with Gasteiger partial charge in [0.15, 0.2) is 0 Å². The van der Waals surface area contributed by atoms with Crippen molar-refractivity contribution in [3.8, 4) is 0 Å². The lowest BCUT2D eigenvalue weighted by Gasteiger charge is -2.12. The van der Waals surface area contributed by atoms with Crippen molar-refractivity contribution in [1.29, 1.82) is 0 Å². The highest BCUT2D eigenvalue weighted by molar-refractivity contribution is 5.55. The molecule has 0 aromatic carbocycles. The molecule has 0 nitrogen and oxygen atoms in total. The standard InChI is InChI=1S/C7H4F4/c8-5-4-2-1-3-6(4,5)7(9,10)11/h1-3,5H/t5-,6+/m1/s1. The first-order valence-electron chi connectivity index (χ1n) is 3.11. The van der Waals surface area contributed by atoms with Crippen molar-refractivity contribution in [3.05, 3.63) is 23.8 Å². The molecule has 1 fully saturated rings. The molecule has 0 aromatic heterocycles. The summed E-state index contributed by atoms with van der Waals surface area (Å²) in [5.41, 5.74) is -2.38. The van der Waals surface area contributed by atoms with Crippen molar-refractivity contribution in [2.75, 3.05) is 0 Å². The summed E-state index contributed by atoms with van der Waals surface area (Å²) in [6, 6.07) is 0. The van der Waals surface area contributed by atoms with E-state index in [1.54, 1.807) is 0 Å². The van der Waals surface area contributed by atoms with Gasteiger partial charge in [0, 0.05) is 0 Å². The van der Waals surface area contributed by atoms with Crippen LogP contribution in [0.2, 0.25) is 0 Å². The first kappa shape index (κ1) is 6.88. The first-order chi connectivity index (χ1) is 5.00. The molecule has 60 valence electrons. The molecule has 0 bridgehead atoms. The molecule has 2 rings (SSSR count). The number of halogens is 4. The fourth-order valence-electron chi connectivity index (χ4n) is 1.44. The number of hydrogen-bond donors (Lipinski definition) is 0. The minimum absolute atomic E-state index is 0.148. The third-order valence-corrected chi connectivity index (χ3v) is 2.17. The Kier molecular flexibility index (Phi) is 0.949. The summed E-state index contributed by atoms with van der Waals surface area (Å²) >= 11 is 0. The van der Waals surface area contributed by atoms with Crippen molar-refractivity contribution in [1.82, 2.24) is 0 Å². The van der Waals surface area contributed by atoms with E-state index in [0.717, 1.165) is 6.08 Å². The Hall–Kier alpha value is -0.800. The van der Waals surface area contributed by atoms with E-state index in [2.05, 4.69) is 0 Å². The Morgan fingerprint density at radius 2 is 2.00 bits per heavy atom. The molecule has 1 saturated carbocycles. The van der Waals surface area contributed by atoms with Crippen LogP contribution in [-0.2, 0) is 0 Å². The zero-order chi connectivity index (χ0) is 8.28. The number of allylic oxidation sites excluding steroid dienone is 4. The van der Waals surface area contributed by atoms with E-state index in [1.165, 1.54) is 12.2 Å². The Balaban J connectivity index is 2.41. The van der Waals surface area contributed by atoms with Crippen molar-refractivity contribution in [3.63, 3.8) is 0 Å². The van der Waals surface area contributed by atoms with Crippen LogP contribution in [-0.4, -0.2) is 12.3 Å². The fraction of sp³-hybridized carbons (Fsp3) is 0.429. The first-order valence-corrected chi connectivity index (χ1v) is 3.11. The van der Waals surface area contributed by atoms with Crippen LogP contribution in [0.1, 0.15) is 0 Å². The van der Waals surface area contributed by atoms with E-state index in [-0.39, 0.29) is 5.57 Å². The van der Waals surface area contributed by atoms with Gasteiger partial charge >= 0.3 is 6.18 Å². The van der Waals surface area contributed by atoms with Crippen LogP contribution in [0.5, 0.6) is 0 Å². The fourth-order valence-corrected chi connectivity index (χ4v) is 1.44. The zero-order valence-corrected chi connectivity index (χ0v) is 5.32. The Labute approximate surface area is 60.2 Å². The molecule has 0 amide bonds. The molecule has 0 aromatic rings. The molecule has 11 heavy (non-hydrogen) atoms. The summed E-state index contributed by atoms with van der Waals surface area (Å²) in [7, 11) is 0. The van der Waals surface area contributed by atoms with E-state index >= 15 is 0 Å². The Bertz CT molecular complexity index is 260. The lowest BCUT2D eigenvalue weighted by atomic mass is 10.1. The number of hydrogen-bond acceptors (Lipinski definition) is 0. The average Bonchev–Trinajstić information content (AvgIpc) is 2.37. The smallest absolute Gasteiger partial charge is 0.241 e. The molecule has 2 atom stereocenters. The van der Waals surface area contributed by atoms with Crippen molar-refractivity contribution in [2.45, 2.75) is 12.3 Å². The van der Waals surface area contributed by atoms with Gasteiger partial charge in [0.05, 0.1) is 0 Å². The largest absolute Gasteiger partial charge is 0.404 e. The van der Waals surface area contributed by atoms with Crippen molar-refractivity contribution in [2.24, 2.45) is 5.41 Å². The van der Waals surface area contributed by atoms with Gasteiger partial charge in [-0.15, -0.1) is 0 Å². The van der Waals surface area contributed by atoms with Gasteiger partial charge in [0.1, 0.15) is 11.6 Å². The second-order valence-electron chi connectivity index (χ2n) is 2.71. The van der Waals surface area contributed by atoms with E-state index in [9.17, 15) is 17.6 Å². The van der Waals surface area contributed by atoms with Gasteiger partial charge in [-0.3, -0.25) is 0 Å². The van der Waals surface area contributed by atoms with Gasteiger partial charge in [-0.05, 0) is 5.57 Å². The predicted molar refractivity (Wildman–Crippen MR) is 30.6 cm³/mol. The second-order valence-corrected chi connectivity index (χ2v) is 2.71. The zero-order valence-electron chi connectivity index (χ0n) is 5.32. The molecule has 0 N–H and O–H groups in total. The second kappa shape index (κ2) is 1.52. The molecule has 0 aliphatic heterocycles. The van der Waals surface area contributed by atoms with Crippen molar-refractivity contribution < 1.29 is 17.6 Å². The minimum atomic E-state index is -4.47. The maximum absolute atomic E-state index is 12.5. The molecular weight excluding hydrogens is 160 g/mol. The summed E-state index contributed by atoms with van der Waals surface area (Å²) < 4.78 is 48.8. The summed E-state index contributed by atoms with van der Waals surface area (Å²) in [5.74, 6) is 0. The van der Waals surface area contributed by atoms with E-state index in [1.807, 2.05) is 0 Å². The van der Waals surface area contributed by atoms with E-state index in [0.29, 0.717) is 0 Å². The lowest BCUT2D eigenvalue weighted by Crippen LogP contribution is -2.24. The molecule has 0 radical (unpaired) electrons. The summed E-state index contributed by atoms with van der Waals surface area (Å²) in [6.45, 7) is 0. The van der Waals surface area contributed by atoms with Crippen molar-refractivity contribution >= 4 is 0 Å². The van der Waals surface area contributed by atoms with Gasteiger partial charge in [-0.25, -0.2) is 4.39 Å². The molecule has 0 heterocycles. The van der Waals surface area contributed by atoms with Crippen LogP contribution in [0, 0.1) is 5.41 Å². The quantitative estimate of drug-likeness (QED) is 0.482. The summed E-state index contributed by atoms with van der Waals surface area (Å²) in [6.07, 6.45) is -2.97. The molecule has 0 unspecified atom stereocenters. The molecular formula is C7H4F4. The molecule has 0 saturated heterocycles. The molecule has 4 heteroatoms. The van der Waals surface area contributed by atoms with Crippen LogP contribution in [0.15, 0.2) is 23.8 Å². The van der Waals surface area contributed by atoms with Gasteiger partial charge < -0.3 is 0 Å². The average molecular weight is 164 g/mol. The van der Waals surface area contributed by atoms with Gasteiger partial charge in [-0.1, -0.05) is 18.2 Å². The van der Waals surface area contributed by atoms with Crippen LogP contribution in [0.4, 0.5) is 17.6 Å². The van der Waals surface area contributed by atoms with Gasteiger partial charge in [0.2, 0.25) is 0 Å². The highest BCUT2D eigenvalue weighted by atomic mass is 19.4. The number of alkyl halides is 4. The topological polar surface area (TPSA) is 0 Å². The summed E-state index contributed by atoms with van der Waals surface area (Å²) in [4.78, 5) is 0. The Morgan fingerprint density at radius 1 is 1.36 bits per heavy atom. The van der Waals surface area contributed by atoms with Crippen LogP contribution < -0.4 is 0 Å². The lowest BCUT2D eigenvalue weighted by molar-refractivity contribution is -0.173. The highest BCUT2D eigenvalue weighted by Crippen LogP contribution is 2.66. The van der Waals surface area contributed by atoms with Crippen LogP contribution in [0.3, 0.4) is 0 Å². The normalized spacial score (nSPS) is 40.4. The van der Waals surface area contributed by atoms with Crippen LogP contribution in [0.25, 0.3) is 0 Å². The number of fused-ring (bicyclic) bond motifs is 1. The van der Waals surface area contributed by atoms with Gasteiger partial charge in [-0.2, -0.15) is 13.2 Å². The highest BCUT2D eigenvalue weighted by Gasteiger charge is 2.75. The maximum atomic E-state index is 12.5. The maximum Gasteiger partial charge on any atom is 0.404 e. The molecule has 2 aliphatic carbocycles. The summed E-state index contributed by atoms with van der Waals surface area (Å²) in [5, 5.41) is 0. The van der Waals surface area contributed by atoms with E-state index in [4.69, 9.17) is 0 Å². The number of rotatable bonds is 0. The third-order valence-electron chi connectivity index (χ3n) is 2.17. The Morgan fingerprint density at radius 3 is 2.27 bits per heavy atom.